The molecule has 1 aromatic rings. The number of allylic oxidation sites excluding steroid dienone is 4. The van der Waals surface area contributed by atoms with Crippen LogP contribution < -0.4 is 16.0 Å². The van der Waals surface area contributed by atoms with E-state index in [0.29, 0.717) is 36.1 Å². The molecule has 3 aliphatic rings. The third-order valence-corrected chi connectivity index (χ3v) is 8.33. The van der Waals surface area contributed by atoms with E-state index in [4.69, 9.17) is 23.2 Å². The Kier molecular flexibility index (Phi) is 8.09. The van der Waals surface area contributed by atoms with Crippen molar-refractivity contribution < 1.29 is 23.5 Å². The van der Waals surface area contributed by atoms with E-state index in [1.807, 2.05) is 20.8 Å². The van der Waals surface area contributed by atoms with Crippen LogP contribution in [0.2, 0.25) is 5.02 Å². The van der Waals surface area contributed by atoms with Gasteiger partial charge in [0.25, 0.3) is 0 Å². The summed E-state index contributed by atoms with van der Waals surface area (Å²) in [5.74, 6) is -2.25. The summed E-state index contributed by atoms with van der Waals surface area (Å²) >= 11 is 11.9. The molecule has 1 saturated carbocycles. The van der Waals surface area contributed by atoms with Crippen LogP contribution in [0.4, 0.5) is 14.5 Å². The number of fused-ring (bicyclic) bond motifs is 2. The zero-order chi connectivity index (χ0) is 28.9. The average molecular weight is 583 g/mol. The van der Waals surface area contributed by atoms with Crippen molar-refractivity contribution in [1.29, 1.82) is 0 Å². The molecule has 0 radical (unpaired) electrons. The normalized spacial score (nSPS) is 32.3. The quantitative estimate of drug-likeness (QED) is 0.329. The first-order valence-corrected chi connectivity index (χ1v) is 13.7. The smallest absolute Gasteiger partial charge is 0.238 e. The van der Waals surface area contributed by atoms with Crippen molar-refractivity contribution in [3.8, 4) is 0 Å². The van der Waals surface area contributed by atoms with Crippen molar-refractivity contribution in [3.05, 3.63) is 63.9 Å². The Labute approximate surface area is 237 Å². The van der Waals surface area contributed by atoms with Crippen LogP contribution in [0.25, 0.3) is 0 Å². The molecule has 2 aliphatic heterocycles. The SMILES string of the molecule is C=C(/C=C\C=C(\Cl)CF)[C@H]1[C@H](C(=O)NC2CC(C)(O)C2)N[C@@H](CC(C)(C)C)[C@@]12C(=O)Nc1cc(Cl)c(F)cc12. The summed E-state index contributed by atoms with van der Waals surface area (Å²) < 4.78 is 27.8. The highest BCUT2D eigenvalue weighted by atomic mass is 35.5. The van der Waals surface area contributed by atoms with Crippen LogP contribution in [0.3, 0.4) is 0 Å². The molecule has 1 spiro atoms. The molecule has 6 nitrogen and oxygen atoms in total. The maximum absolute atomic E-state index is 14.9. The zero-order valence-electron chi connectivity index (χ0n) is 22.5. The monoisotopic (exact) mass is 581 g/mol. The number of benzene rings is 1. The first-order valence-electron chi connectivity index (χ1n) is 13.0. The van der Waals surface area contributed by atoms with Gasteiger partial charge in [0, 0.05) is 28.7 Å². The lowest BCUT2D eigenvalue weighted by Crippen LogP contribution is -2.57. The van der Waals surface area contributed by atoms with E-state index in [2.05, 4.69) is 22.5 Å². The number of amides is 2. The van der Waals surface area contributed by atoms with Crippen LogP contribution in [0, 0.1) is 17.2 Å². The fourth-order valence-electron chi connectivity index (χ4n) is 6.30. The number of alkyl halides is 1. The molecule has 1 saturated heterocycles. The molecule has 1 aromatic carbocycles. The molecule has 0 unspecified atom stereocenters. The highest BCUT2D eigenvalue weighted by Gasteiger charge is 2.66. The maximum atomic E-state index is 14.9. The van der Waals surface area contributed by atoms with E-state index >= 15 is 0 Å². The van der Waals surface area contributed by atoms with Crippen molar-refractivity contribution in [1.82, 2.24) is 10.6 Å². The highest BCUT2D eigenvalue weighted by Crippen LogP contribution is 2.55. The Balaban J connectivity index is 1.85. The predicted molar refractivity (Wildman–Crippen MR) is 150 cm³/mol. The number of halogens is 4. The second-order valence-electron chi connectivity index (χ2n) is 12.4. The van der Waals surface area contributed by atoms with Gasteiger partial charge >= 0.3 is 0 Å². The third-order valence-electron chi connectivity index (χ3n) is 7.82. The Morgan fingerprint density at radius 1 is 1.33 bits per heavy atom. The minimum atomic E-state index is -1.39. The van der Waals surface area contributed by atoms with Gasteiger partial charge in [-0.15, -0.1) is 0 Å². The van der Waals surface area contributed by atoms with Gasteiger partial charge in [-0.05, 0) is 60.9 Å². The maximum Gasteiger partial charge on any atom is 0.238 e. The van der Waals surface area contributed by atoms with Crippen LogP contribution in [0.5, 0.6) is 0 Å². The molecule has 1 aliphatic carbocycles. The van der Waals surface area contributed by atoms with Gasteiger partial charge in [0.15, 0.2) is 0 Å². The lowest BCUT2D eigenvalue weighted by Gasteiger charge is -2.42. The summed E-state index contributed by atoms with van der Waals surface area (Å²) in [5, 5.41) is 19.3. The molecule has 2 fully saturated rings. The number of hydrogen-bond donors (Lipinski definition) is 4. The molecule has 39 heavy (non-hydrogen) atoms. The first kappa shape index (κ1) is 29.7. The van der Waals surface area contributed by atoms with Gasteiger partial charge < -0.3 is 21.1 Å². The molecule has 2 amide bonds. The average Bonchev–Trinajstić information content (AvgIpc) is 3.27. The molecular weight excluding hydrogens is 547 g/mol. The Hall–Kier alpha value is -2.26. The van der Waals surface area contributed by atoms with Gasteiger partial charge in [-0.2, -0.15) is 0 Å². The van der Waals surface area contributed by atoms with Crippen LogP contribution >= 0.6 is 23.2 Å². The Morgan fingerprint density at radius 3 is 2.59 bits per heavy atom. The summed E-state index contributed by atoms with van der Waals surface area (Å²) in [5.41, 5.74) is -1.31. The fourth-order valence-corrected chi connectivity index (χ4v) is 6.54. The van der Waals surface area contributed by atoms with Crippen LogP contribution in [0.15, 0.2) is 47.5 Å². The van der Waals surface area contributed by atoms with Crippen LogP contribution in [-0.2, 0) is 15.0 Å². The van der Waals surface area contributed by atoms with Crippen molar-refractivity contribution in [2.24, 2.45) is 11.3 Å². The fraction of sp³-hybridized carbons (Fsp3) is 0.517. The lowest BCUT2D eigenvalue weighted by molar-refractivity contribution is -0.127. The summed E-state index contributed by atoms with van der Waals surface area (Å²) in [6, 6.07) is 0.954. The van der Waals surface area contributed by atoms with Crippen molar-refractivity contribution in [3.63, 3.8) is 0 Å². The number of anilines is 1. The third kappa shape index (κ3) is 5.67. The zero-order valence-corrected chi connectivity index (χ0v) is 24.0. The van der Waals surface area contributed by atoms with Crippen molar-refractivity contribution in [2.75, 3.05) is 12.0 Å². The predicted octanol–water partition coefficient (Wildman–Crippen LogP) is 5.30. The number of aliphatic hydroxyl groups is 1. The molecule has 0 aromatic heterocycles. The molecule has 4 atom stereocenters. The van der Waals surface area contributed by atoms with E-state index in [-0.39, 0.29) is 33.3 Å². The summed E-state index contributed by atoms with van der Waals surface area (Å²) in [7, 11) is 0. The minimum absolute atomic E-state index is 0.0177. The second kappa shape index (κ2) is 10.6. The molecule has 0 bridgehead atoms. The van der Waals surface area contributed by atoms with Gasteiger partial charge in [0.2, 0.25) is 11.8 Å². The topological polar surface area (TPSA) is 90.5 Å². The number of carbonyl (C=O) groups is 2. The Bertz CT molecular complexity index is 1250. The number of carbonyl (C=O) groups excluding carboxylic acids is 2. The van der Waals surface area contributed by atoms with Crippen molar-refractivity contribution in [2.45, 2.75) is 76.1 Å². The highest BCUT2D eigenvalue weighted by molar-refractivity contribution is 6.31. The molecular formula is C29H35Cl2F2N3O3. The largest absolute Gasteiger partial charge is 0.390 e. The van der Waals surface area contributed by atoms with Crippen LogP contribution in [0.1, 0.15) is 52.5 Å². The molecule has 10 heteroatoms. The second-order valence-corrected chi connectivity index (χ2v) is 13.3. The minimum Gasteiger partial charge on any atom is -0.390 e. The molecule has 212 valence electrons. The summed E-state index contributed by atoms with van der Waals surface area (Å²) in [6.45, 7) is 11.2. The number of hydrogen-bond acceptors (Lipinski definition) is 4. The van der Waals surface area contributed by atoms with Crippen molar-refractivity contribution >= 4 is 40.7 Å². The number of rotatable bonds is 7. The van der Waals surface area contributed by atoms with E-state index in [9.17, 15) is 23.5 Å². The summed E-state index contributed by atoms with van der Waals surface area (Å²) in [4.78, 5) is 27.8. The van der Waals surface area contributed by atoms with E-state index < -0.39 is 41.5 Å². The van der Waals surface area contributed by atoms with E-state index in [0.717, 1.165) is 0 Å². The molecule has 4 N–H and O–H groups in total. The Morgan fingerprint density at radius 2 is 2.00 bits per heavy atom. The van der Waals surface area contributed by atoms with Gasteiger partial charge in [0.05, 0.1) is 16.7 Å². The first-order chi connectivity index (χ1) is 18.1. The summed E-state index contributed by atoms with van der Waals surface area (Å²) in [6.07, 6.45) is 5.79. The van der Waals surface area contributed by atoms with E-state index in [1.165, 1.54) is 24.3 Å². The lowest BCUT2D eigenvalue weighted by atomic mass is 9.62. The van der Waals surface area contributed by atoms with Gasteiger partial charge in [0.1, 0.15) is 17.9 Å². The van der Waals surface area contributed by atoms with E-state index in [1.54, 1.807) is 13.0 Å². The number of nitrogens with one attached hydrogen (secondary N) is 3. The standard InChI is InChI=1S/C29H35Cl2F2N3O3/c1-15(7-6-8-16(30)14-32)23-24(25(37)34-17-11-28(5,39)12-17)36-22(13-27(2,3)4)29(23)18-9-20(33)19(31)10-21(18)35-26(29)38/h6-10,17,22-24,36,39H,1,11-14H2,2-5H3,(H,34,37)(H,35,38)/b7-6-,16-8+/t17?,22-,23-,24+,28?,29+/m0/s1. The van der Waals surface area contributed by atoms with Gasteiger partial charge in [-0.3, -0.25) is 9.59 Å². The van der Waals surface area contributed by atoms with Gasteiger partial charge in [-0.1, -0.05) is 62.7 Å². The van der Waals surface area contributed by atoms with Gasteiger partial charge in [-0.25, -0.2) is 8.78 Å². The molecule has 4 rings (SSSR count). The van der Waals surface area contributed by atoms with Crippen LogP contribution in [-0.4, -0.2) is 47.3 Å². The molecule has 2 heterocycles.